The summed E-state index contributed by atoms with van der Waals surface area (Å²) in [6.07, 6.45) is 5.07. The van der Waals surface area contributed by atoms with Crippen molar-refractivity contribution in [2.45, 2.75) is 53.0 Å². The number of nitrogens with zero attached hydrogens (tertiary/aromatic N) is 3. The summed E-state index contributed by atoms with van der Waals surface area (Å²) in [5.41, 5.74) is 0. The molecule has 0 saturated carbocycles. The molecule has 5 heteroatoms. The Labute approximate surface area is 129 Å². The van der Waals surface area contributed by atoms with Gasteiger partial charge in [0.2, 0.25) is 0 Å². The van der Waals surface area contributed by atoms with Gasteiger partial charge in [0.05, 0.1) is 0 Å². The summed E-state index contributed by atoms with van der Waals surface area (Å²) in [5, 5.41) is 6.74. The zero-order valence-electron chi connectivity index (χ0n) is 14.0. The average molecular weight is 293 g/mol. The first-order chi connectivity index (χ1) is 10.2. The standard InChI is InChI=1S/C16H31N5/c1-5-10-17-15-12-16(19-13-18-15)20-14(4)9-8-11-21(6-2)7-3/h12-14H,5-11H2,1-4H3,(H2,17,18,19,20). The van der Waals surface area contributed by atoms with E-state index in [1.165, 1.54) is 13.0 Å². The highest BCUT2D eigenvalue weighted by atomic mass is 15.1. The Hall–Kier alpha value is -1.36. The zero-order valence-corrected chi connectivity index (χ0v) is 14.0. The van der Waals surface area contributed by atoms with Crippen LogP contribution in [0.2, 0.25) is 0 Å². The Morgan fingerprint density at radius 1 is 1.14 bits per heavy atom. The van der Waals surface area contributed by atoms with Gasteiger partial charge < -0.3 is 15.5 Å². The van der Waals surface area contributed by atoms with Gasteiger partial charge in [0.15, 0.2) is 0 Å². The van der Waals surface area contributed by atoms with Gasteiger partial charge in [-0.15, -0.1) is 0 Å². The van der Waals surface area contributed by atoms with Crippen LogP contribution in [0.3, 0.4) is 0 Å². The van der Waals surface area contributed by atoms with E-state index in [1.807, 2.05) is 6.07 Å². The summed E-state index contributed by atoms with van der Waals surface area (Å²) in [6, 6.07) is 2.41. The van der Waals surface area contributed by atoms with Crippen molar-refractivity contribution in [3.8, 4) is 0 Å². The SMILES string of the molecule is CCCNc1cc(NC(C)CCCN(CC)CC)ncn1. The molecule has 0 aliphatic carbocycles. The molecule has 0 aromatic carbocycles. The minimum absolute atomic E-state index is 0.425. The fourth-order valence-corrected chi connectivity index (χ4v) is 2.27. The Kier molecular flexibility index (Phi) is 8.74. The molecule has 120 valence electrons. The summed E-state index contributed by atoms with van der Waals surface area (Å²) < 4.78 is 0. The molecule has 1 heterocycles. The molecule has 21 heavy (non-hydrogen) atoms. The highest BCUT2D eigenvalue weighted by Gasteiger charge is 2.06. The van der Waals surface area contributed by atoms with Crippen LogP contribution in [0.15, 0.2) is 12.4 Å². The van der Waals surface area contributed by atoms with E-state index < -0.39 is 0 Å². The van der Waals surface area contributed by atoms with Crippen molar-refractivity contribution in [3.05, 3.63) is 12.4 Å². The fourth-order valence-electron chi connectivity index (χ4n) is 2.27. The number of aromatic nitrogens is 2. The molecule has 0 bridgehead atoms. The van der Waals surface area contributed by atoms with E-state index in [0.29, 0.717) is 6.04 Å². The molecule has 1 unspecified atom stereocenters. The lowest BCUT2D eigenvalue weighted by Crippen LogP contribution is -2.25. The van der Waals surface area contributed by atoms with E-state index in [0.717, 1.165) is 44.1 Å². The largest absolute Gasteiger partial charge is 0.370 e. The van der Waals surface area contributed by atoms with Crippen LogP contribution in [-0.4, -0.2) is 47.1 Å². The molecule has 1 rings (SSSR count). The second-order valence-corrected chi connectivity index (χ2v) is 5.43. The number of anilines is 2. The third kappa shape index (κ3) is 7.27. The number of nitrogens with one attached hydrogen (secondary N) is 2. The van der Waals surface area contributed by atoms with Gasteiger partial charge in [-0.1, -0.05) is 20.8 Å². The highest BCUT2D eigenvalue weighted by Crippen LogP contribution is 2.11. The molecule has 0 aliphatic heterocycles. The van der Waals surface area contributed by atoms with Crippen molar-refractivity contribution in [2.75, 3.05) is 36.8 Å². The fraction of sp³-hybridized carbons (Fsp3) is 0.750. The van der Waals surface area contributed by atoms with Gasteiger partial charge in [0, 0.05) is 18.7 Å². The van der Waals surface area contributed by atoms with Crippen LogP contribution in [0.1, 0.15) is 47.0 Å². The van der Waals surface area contributed by atoms with E-state index in [4.69, 9.17) is 0 Å². The van der Waals surface area contributed by atoms with Crippen LogP contribution < -0.4 is 10.6 Å². The van der Waals surface area contributed by atoms with E-state index in [1.54, 1.807) is 6.33 Å². The van der Waals surface area contributed by atoms with Gasteiger partial charge >= 0.3 is 0 Å². The number of rotatable bonds is 11. The van der Waals surface area contributed by atoms with E-state index >= 15 is 0 Å². The van der Waals surface area contributed by atoms with Crippen molar-refractivity contribution < 1.29 is 0 Å². The Morgan fingerprint density at radius 2 is 1.86 bits per heavy atom. The first-order valence-electron chi connectivity index (χ1n) is 8.24. The molecule has 1 aromatic heterocycles. The molecule has 0 fully saturated rings. The van der Waals surface area contributed by atoms with Crippen molar-refractivity contribution in [1.29, 1.82) is 0 Å². The minimum Gasteiger partial charge on any atom is -0.370 e. The maximum atomic E-state index is 4.29. The summed E-state index contributed by atoms with van der Waals surface area (Å²) in [5.74, 6) is 1.80. The molecule has 0 aliphatic rings. The predicted molar refractivity (Wildman–Crippen MR) is 90.9 cm³/mol. The molecule has 0 radical (unpaired) electrons. The highest BCUT2D eigenvalue weighted by molar-refractivity contribution is 5.46. The van der Waals surface area contributed by atoms with Crippen LogP contribution in [-0.2, 0) is 0 Å². The van der Waals surface area contributed by atoms with Crippen molar-refractivity contribution in [2.24, 2.45) is 0 Å². The molecule has 0 amide bonds. The number of hydrogen-bond acceptors (Lipinski definition) is 5. The summed E-state index contributed by atoms with van der Waals surface area (Å²) in [6.45, 7) is 13.2. The molecule has 5 nitrogen and oxygen atoms in total. The third-order valence-corrected chi connectivity index (χ3v) is 3.62. The van der Waals surface area contributed by atoms with Gasteiger partial charge in [-0.3, -0.25) is 0 Å². The van der Waals surface area contributed by atoms with Crippen LogP contribution in [0.4, 0.5) is 11.6 Å². The number of hydrogen-bond donors (Lipinski definition) is 2. The molecule has 0 saturated heterocycles. The summed E-state index contributed by atoms with van der Waals surface area (Å²) >= 11 is 0. The maximum Gasteiger partial charge on any atom is 0.131 e. The smallest absolute Gasteiger partial charge is 0.131 e. The molecule has 1 aromatic rings. The monoisotopic (exact) mass is 293 g/mol. The second-order valence-electron chi connectivity index (χ2n) is 5.43. The first-order valence-corrected chi connectivity index (χ1v) is 8.24. The normalized spacial score (nSPS) is 12.4. The van der Waals surface area contributed by atoms with Crippen LogP contribution in [0, 0.1) is 0 Å². The van der Waals surface area contributed by atoms with E-state index in [-0.39, 0.29) is 0 Å². The van der Waals surface area contributed by atoms with Gasteiger partial charge in [-0.25, -0.2) is 9.97 Å². The van der Waals surface area contributed by atoms with Crippen LogP contribution in [0.5, 0.6) is 0 Å². The Morgan fingerprint density at radius 3 is 2.52 bits per heavy atom. The molecule has 2 N–H and O–H groups in total. The minimum atomic E-state index is 0.425. The average Bonchev–Trinajstić information content (AvgIpc) is 2.50. The van der Waals surface area contributed by atoms with Crippen LogP contribution in [0.25, 0.3) is 0 Å². The van der Waals surface area contributed by atoms with Gasteiger partial charge in [-0.2, -0.15) is 0 Å². The molecular formula is C16H31N5. The van der Waals surface area contributed by atoms with Gasteiger partial charge in [0.1, 0.15) is 18.0 Å². The van der Waals surface area contributed by atoms with Crippen molar-refractivity contribution >= 4 is 11.6 Å². The van der Waals surface area contributed by atoms with Crippen LogP contribution >= 0.6 is 0 Å². The summed E-state index contributed by atoms with van der Waals surface area (Å²) in [7, 11) is 0. The third-order valence-electron chi connectivity index (χ3n) is 3.62. The lowest BCUT2D eigenvalue weighted by Gasteiger charge is -2.20. The van der Waals surface area contributed by atoms with E-state index in [9.17, 15) is 0 Å². The molecule has 1 atom stereocenters. The zero-order chi connectivity index (χ0) is 15.5. The second kappa shape index (κ2) is 10.4. The molecular weight excluding hydrogens is 262 g/mol. The predicted octanol–water partition coefficient (Wildman–Crippen LogP) is 3.22. The Balaban J connectivity index is 2.35. The Bertz CT molecular complexity index is 379. The van der Waals surface area contributed by atoms with E-state index in [2.05, 4.69) is 53.2 Å². The van der Waals surface area contributed by atoms with Crippen molar-refractivity contribution in [3.63, 3.8) is 0 Å². The van der Waals surface area contributed by atoms with Gasteiger partial charge in [0.25, 0.3) is 0 Å². The van der Waals surface area contributed by atoms with Gasteiger partial charge in [-0.05, 0) is 45.8 Å². The lowest BCUT2D eigenvalue weighted by atomic mass is 10.1. The lowest BCUT2D eigenvalue weighted by molar-refractivity contribution is 0.295. The quantitative estimate of drug-likeness (QED) is 0.656. The summed E-state index contributed by atoms with van der Waals surface area (Å²) in [4.78, 5) is 11.0. The topological polar surface area (TPSA) is 53.1 Å². The first kappa shape index (κ1) is 17.7. The van der Waals surface area contributed by atoms with Crippen molar-refractivity contribution in [1.82, 2.24) is 14.9 Å². The molecule has 0 spiro atoms. The maximum absolute atomic E-state index is 4.29.